The number of hydrogen-bond acceptors (Lipinski definition) is 2. The highest BCUT2D eigenvalue weighted by atomic mass is 15.0. The van der Waals surface area contributed by atoms with Gasteiger partial charge in [0.1, 0.15) is 0 Å². The molecule has 128 valence electrons. The van der Waals surface area contributed by atoms with Gasteiger partial charge in [0.05, 0.1) is 11.4 Å². The molecule has 0 radical (unpaired) electrons. The van der Waals surface area contributed by atoms with E-state index in [-0.39, 0.29) is 0 Å². The molecule has 0 spiro atoms. The van der Waals surface area contributed by atoms with E-state index in [1.54, 1.807) is 0 Å². The number of pyridine rings is 2. The fraction of sp³-hybridized carbons (Fsp3) is 0.333. The normalized spacial score (nSPS) is 9.46. The zero-order valence-electron chi connectivity index (χ0n) is 16.0. The molecule has 3 heterocycles. The third kappa shape index (κ3) is 3.91. The zero-order chi connectivity index (χ0) is 18.1. The Labute approximate surface area is 146 Å². The van der Waals surface area contributed by atoms with Gasteiger partial charge >= 0.3 is 0 Å². The third-order valence-corrected chi connectivity index (χ3v) is 3.85. The molecule has 0 N–H and O–H groups in total. The maximum absolute atomic E-state index is 4.10. The summed E-state index contributed by atoms with van der Waals surface area (Å²) < 4.78 is 2.26. The summed E-state index contributed by atoms with van der Waals surface area (Å²) in [6, 6.07) is 8.21. The van der Waals surface area contributed by atoms with Crippen LogP contribution in [0.2, 0.25) is 0 Å². The van der Waals surface area contributed by atoms with Crippen LogP contribution in [0.25, 0.3) is 22.5 Å². The minimum absolute atomic E-state index is 1.20. The summed E-state index contributed by atoms with van der Waals surface area (Å²) >= 11 is 0. The second-order valence-electron chi connectivity index (χ2n) is 4.98. The molecule has 0 aliphatic carbocycles. The Morgan fingerprint density at radius 3 is 1.21 bits per heavy atom. The molecular formula is C21H29N3. The van der Waals surface area contributed by atoms with Gasteiger partial charge in [-0.25, -0.2) is 0 Å². The Morgan fingerprint density at radius 2 is 0.917 bits per heavy atom. The summed E-state index contributed by atoms with van der Waals surface area (Å²) in [6.45, 7) is 12.4. The van der Waals surface area contributed by atoms with Crippen molar-refractivity contribution in [3.63, 3.8) is 0 Å². The Morgan fingerprint density at radius 1 is 0.625 bits per heavy atom. The first-order valence-electron chi connectivity index (χ1n) is 8.67. The van der Waals surface area contributed by atoms with E-state index in [0.29, 0.717) is 0 Å². The average Bonchev–Trinajstić information content (AvgIpc) is 2.89. The molecule has 0 aromatic carbocycles. The van der Waals surface area contributed by atoms with Crippen molar-refractivity contribution < 1.29 is 0 Å². The van der Waals surface area contributed by atoms with Crippen molar-refractivity contribution in [1.29, 1.82) is 0 Å². The van der Waals surface area contributed by atoms with Gasteiger partial charge in [-0.2, -0.15) is 0 Å². The largest absolute Gasteiger partial charge is 0.343 e. The topological polar surface area (TPSA) is 30.7 Å². The second-order valence-corrected chi connectivity index (χ2v) is 4.98. The van der Waals surface area contributed by atoms with Crippen LogP contribution in [0.3, 0.4) is 0 Å². The molecule has 0 atom stereocenters. The van der Waals surface area contributed by atoms with Crippen molar-refractivity contribution in [1.82, 2.24) is 14.5 Å². The average molecular weight is 323 g/mol. The number of hydrogen-bond donors (Lipinski definition) is 0. The summed E-state index contributed by atoms with van der Waals surface area (Å²) in [7, 11) is 2.12. The summed E-state index contributed by atoms with van der Waals surface area (Å²) in [5.74, 6) is 0. The van der Waals surface area contributed by atoms with Gasteiger partial charge < -0.3 is 4.57 Å². The van der Waals surface area contributed by atoms with Gasteiger partial charge in [-0.1, -0.05) is 27.7 Å². The van der Waals surface area contributed by atoms with Crippen LogP contribution in [-0.4, -0.2) is 14.5 Å². The molecule has 3 heteroatoms. The fourth-order valence-corrected chi connectivity index (χ4v) is 2.81. The Bertz CT molecular complexity index is 666. The zero-order valence-corrected chi connectivity index (χ0v) is 16.0. The molecule has 0 aliphatic rings. The molecule has 0 saturated carbocycles. The monoisotopic (exact) mass is 323 g/mol. The predicted octanol–water partition coefficient (Wildman–Crippen LogP) is 5.82. The number of nitrogens with zero attached hydrogens (tertiary/aromatic N) is 3. The van der Waals surface area contributed by atoms with Crippen LogP contribution in [0.5, 0.6) is 0 Å². The molecule has 0 unspecified atom stereocenters. The van der Waals surface area contributed by atoms with Crippen LogP contribution >= 0.6 is 0 Å². The fourth-order valence-electron chi connectivity index (χ4n) is 2.81. The lowest BCUT2D eigenvalue weighted by atomic mass is 10.1. The summed E-state index contributed by atoms with van der Waals surface area (Å²) in [6.07, 6.45) is 7.35. The van der Waals surface area contributed by atoms with E-state index in [4.69, 9.17) is 0 Å². The van der Waals surface area contributed by atoms with Crippen molar-refractivity contribution in [2.24, 2.45) is 7.05 Å². The first-order chi connectivity index (χ1) is 11.7. The molecule has 0 amide bonds. The van der Waals surface area contributed by atoms with E-state index in [2.05, 4.69) is 59.7 Å². The van der Waals surface area contributed by atoms with Crippen molar-refractivity contribution in [2.45, 2.75) is 41.5 Å². The number of aromatic nitrogens is 3. The minimum atomic E-state index is 1.20. The van der Waals surface area contributed by atoms with E-state index < -0.39 is 0 Å². The predicted molar refractivity (Wildman–Crippen MR) is 104 cm³/mol. The molecule has 3 rings (SSSR count). The van der Waals surface area contributed by atoms with Crippen molar-refractivity contribution >= 4 is 0 Å². The van der Waals surface area contributed by atoms with Gasteiger partial charge in [0.15, 0.2) is 0 Å². The minimum Gasteiger partial charge on any atom is -0.343 e. The first-order valence-corrected chi connectivity index (χ1v) is 8.67. The van der Waals surface area contributed by atoms with Gasteiger partial charge in [-0.05, 0) is 49.2 Å². The second kappa shape index (κ2) is 9.66. The quantitative estimate of drug-likeness (QED) is 0.595. The maximum atomic E-state index is 4.10. The van der Waals surface area contributed by atoms with Crippen LogP contribution in [0.4, 0.5) is 0 Å². The van der Waals surface area contributed by atoms with Gasteiger partial charge in [0, 0.05) is 43.0 Å². The van der Waals surface area contributed by atoms with E-state index >= 15 is 0 Å². The lowest BCUT2D eigenvalue weighted by Gasteiger charge is -2.09. The molecule has 3 aromatic rings. The van der Waals surface area contributed by atoms with Gasteiger partial charge in [0.25, 0.3) is 0 Å². The molecule has 0 fully saturated rings. The SMILES string of the molecule is CC.CC.Cc1c(C)c(-c2ccncc2)n(C)c1-c1ccncc1. The van der Waals surface area contributed by atoms with Crippen molar-refractivity contribution in [3.05, 3.63) is 60.2 Å². The van der Waals surface area contributed by atoms with Gasteiger partial charge in [-0.3, -0.25) is 9.97 Å². The van der Waals surface area contributed by atoms with E-state index in [9.17, 15) is 0 Å². The maximum Gasteiger partial charge on any atom is 0.0516 e. The summed E-state index contributed by atoms with van der Waals surface area (Å²) in [5, 5.41) is 0. The van der Waals surface area contributed by atoms with Crippen LogP contribution in [-0.2, 0) is 7.05 Å². The Kier molecular flexibility index (Phi) is 7.90. The molecule has 24 heavy (non-hydrogen) atoms. The highest BCUT2D eigenvalue weighted by molar-refractivity contribution is 5.76. The van der Waals surface area contributed by atoms with Gasteiger partial charge in [-0.15, -0.1) is 0 Å². The Balaban J connectivity index is 0.000000671. The highest BCUT2D eigenvalue weighted by Gasteiger charge is 2.17. The number of rotatable bonds is 2. The van der Waals surface area contributed by atoms with Gasteiger partial charge in [0.2, 0.25) is 0 Å². The van der Waals surface area contributed by atoms with E-state index in [1.165, 1.54) is 33.6 Å². The third-order valence-electron chi connectivity index (χ3n) is 3.85. The first kappa shape index (κ1) is 19.6. The van der Waals surface area contributed by atoms with Crippen LogP contribution in [0, 0.1) is 13.8 Å². The molecule has 0 saturated heterocycles. The Hall–Kier alpha value is -2.42. The van der Waals surface area contributed by atoms with Crippen LogP contribution in [0.1, 0.15) is 38.8 Å². The molecule has 3 nitrogen and oxygen atoms in total. The lowest BCUT2D eigenvalue weighted by molar-refractivity contribution is 0.940. The van der Waals surface area contributed by atoms with Crippen molar-refractivity contribution in [2.75, 3.05) is 0 Å². The molecule has 0 aliphatic heterocycles. The van der Waals surface area contributed by atoms with Crippen LogP contribution < -0.4 is 0 Å². The standard InChI is InChI=1S/C17H17N3.2C2H6/c1-12-13(2)17(15-6-10-19-11-7-15)20(3)16(12)14-4-8-18-9-5-14;2*1-2/h4-11H,1-3H3;2*1-2H3. The van der Waals surface area contributed by atoms with Crippen molar-refractivity contribution in [3.8, 4) is 22.5 Å². The lowest BCUT2D eigenvalue weighted by Crippen LogP contribution is -1.95. The van der Waals surface area contributed by atoms with Crippen LogP contribution in [0.15, 0.2) is 49.1 Å². The van der Waals surface area contributed by atoms with E-state index in [1.807, 2.05) is 52.5 Å². The molecule has 3 aromatic heterocycles. The molecule has 0 bridgehead atoms. The smallest absolute Gasteiger partial charge is 0.0516 e. The summed E-state index contributed by atoms with van der Waals surface area (Å²) in [5.41, 5.74) is 7.51. The molecular weight excluding hydrogens is 294 g/mol. The summed E-state index contributed by atoms with van der Waals surface area (Å²) in [4.78, 5) is 8.20. The van der Waals surface area contributed by atoms with E-state index in [0.717, 1.165) is 0 Å². The highest BCUT2D eigenvalue weighted by Crippen LogP contribution is 2.35.